The van der Waals surface area contributed by atoms with Gasteiger partial charge in [0.15, 0.2) is 31.2 Å². The molecule has 0 spiro atoms. The number of hydrogen-bond donors (Lipinski definition) is 0. The van der Waals surface area contributed by atoms with Crippen molar-refractivity contribution in [2.24, 2.45) is 0 Å². The van der Waals surface area contributed by atoms with Crippen LogP contribution in [0.2, 0.25) is 54.4 Å². The van der Waals surface area contributed by atoms with Crippen LogP contribution < -0.4 is 0 Å². The third kappa shape index (κ3) is 7.61. The van der Waals surface area contributed by atoms with Crippen molar-refractivity contribution < 1.29 is 22.8 Å². The van der Waals surface area contributed by atoms with Crippen molar-refractivity contribution >= 4 is 47.5 Å². The van der Waals surface area contributed by atoms with Gasteiger partial charge < -0.3 is 22.8 Å². The average Bonchev–Trinajstić information content (AvgIpc) is 2.90. The van der Waals surface area contributed by atoms with Crippen LogP contribution in [0.25, 0.3) is 0 Å². The van der Waals surface area contributed by atoms with E-state index < -0.39 is 31.2 Å². The molecule has 5 nitrogen and oxygen atoms in total. The van der Waals surface area contributed by atoms with E-state index in [1.54, 1.807) is 7.11 Å². The van der Waals surface area contributed by atoms with E-state index in [0.717, 1.165) is 58.8 Å². The molecular weight excluding hydrogens is 591 g/mol. The molecule has 1 aliphatic rings. The summed E-state index contributed by atoms with van der Waals surface area (Å²) >= 11 is 2.45. The molecule has 5 atom stereocenters. The molecule has 0 saturated carbocycles. The lowest BCUT2D eigenvalue weighted by molar-refractivity contribution is -0.274. The molecule has 0 aliphatic carbocycles. The Hall–Kier alpha value is 1.18. The molecule has 0 radical (unpaired) electrons. The predicted molar refractivity (Wildman–Crippen MR) is 161 cm³/mol. The molecule has 1 rings (SSSR count). The molecule has 0 amide bonds. The number of ether oxygens (including phenoxy) is 2. The monoisotopic (exact) mass is 646 g/mol. The highest BCUT2D eigenvalue weighted by Gasteiger charge is 2.54. The minimum absolute atomic E-state index is 0.0508. The lowest BCUT2D eigenvalue weighted by Gasteiger charge is -2.52. The summed E-state index contributed by atoms with van der Waals surface area (Å²) in [5, 5.41) is 0. The Morgan fingerprint density at radius 3 is 1.18 bits per heavy atom. The van der Waals surface area contributed by atoms with Gasteiger partial charge in [-0.1, -0.05) is 84.9 Å². The van der Waals surface area contributed by atoms with Crippen LogP contribution in [0.15, 0.2) is 0 Å². The van der Waals surface area contributed by atoms with Crippen molar-refractivity contribution in [3.8, 4) is 0 Å². The van der Waals surface area contributed by atoms with Crippen molar-refractivity contribution in [2.75, 3.05) is 11.5 Å². The molecule has 0 unspecified atom stereocenters. The first-order chi connectivity index (χ1) is 16.2. The molecule has 9 heteroatoms. The fraction of sp³-hybridized carbons (Fsp3) is 1.00. The summed E-state index contributed by atoms with van der Waals surface area (Å²) in [6, 6.07) is 9.96. The van der Waals surface area contributed by atoms with Crippen molar-refractivity contribution in [3.05, 3.63) is 0 Å². The largest absolute Gasteiger partial charge is 0.409 e. The standard InChI is InChI=1S/C25H55IO5Si3/c1-11-32(12-2,13-3)29-22-21(20-26)28-25(27-10)24(31-34(17-7,18-8)19-9)23(22)30-33(14-4,15-5)16-6/h21-25H,11-20H2,1-10H3/t21-,22-,23+,24+,25+/m1/s1. The summed E-state index contributed by atoms with van der Waals surface area (Å²) in [6.45, 7) is 20.7. The molecule has 0 bridgehead atoms. The van der Waals surface area contributed by atoms with Crippen molar-refractivity contribution in [2.45, 2.75) is 147 Å². The maximum atomic E-state index is 7.34. The predicted octanol–water partition coefficient (Wildman–Crippen LogP) is 7.96. The van der Waals surface area contributed by atoms with Gasteiger partial charge in [-0.25, -0.2) is 0 Å². The zero-order valence-corrected chi connectivity index (χ0v) is 29.0. The van der Waals surface area contributed by atoms with Crippen LogP contribution in [0, 0.1) is 0 Å². The van der Waals surface area contributed by atoms with Crippen LogP contribution in [0.5, 0.6) is 0 Å². The molecule has 1 saturated heterocycles. The van der Waals surface area contributed by atoms with Crippen LogP contribution in [0.4, 0.5) is 0 Å². The van der Waals surface area contributed by atoms with E-state index in [2.05, 4.69) is 84.9 Å². The smallest absolute Gasteiger partial charge is 0.192 e. The molecular formula is C25H55IO5Si3. The maximum Gasteiger partial charge on any atom is 0.192 e. The normalized spacial score (nSPS) is 26.7. The van der Waals surface area contributed by atoms with Gasteiger partial charge in [-0.2, -0.15) is 0 Å². The van der Waals surface area contributed by atoms with Gasteiger partial charge in [0, 0.05) is 11.5 Å². The molecule has 34 heavy (non-hydrogen) atoms. The van der Waals surface area contributed by atoms with Gasteiger partial charge in [0.1, 0.15) is 12.2 Å². The van der Waals surface area contributed by atoms with Crippen LogP contribution in [0.3, 0.4) is 0 Å². The highest BCUT2D eigenvalue weighted by Crippen LogP contribution is 2.39. The van der Waals surface area contributed by atoms with E-state index in [9.17, 15) is 0 Å². The van der Waals surface area contributed by atoms with Crippen molar-refractivity contribution in [1.29, 1.82) is 0 Å². The molecule has 0 N–H and O–H groups in total. The summed E-state index contributed by atoms with van der Waals surface area (Å²) < 4.78 is 35.2. The number of hydrogen-bond acceptors (Lipinski definition) is 5. The van der Waals surface area contributed by atoms with Crippen LogP contribution in [-0.4, -0.2) is 67.2 Å². The summed E-state index contributed by atoms with van der Waals surface area (Å²) in [5.41, 5.74) is 0. The molecule has 0 aromatic carbocycles. The van der Waals surface area contributed by atoms with E-state index in [-0.39, 0.29) is 24.4 Å². The van der Waals surface area contributed by atoms with Crippen molar-refractivity contribution in [3.63, 3.8) is 0 Å². The number of methoxy groups -OCH3 is 1. The summed E-state index contributed by atoms with van der Waals surface area (Å²) in [4.78, 5) is 0. The van der Waals surface area contributed by atoms with E-state index >= 15 is 0 Å². The zero-order valence-electron chi connectivity index (χ0n) is 23.9. The Morgan fingerprint density at radius 1 is 0.559 bits per heavy atom. The van der Waals surface area contributed by atoms with Gasteiger partial charge in [-0.3, -0.25) is 0 Å². The Labute approximate surface area is 228 Å². The molecule has 1 heterocycles. The first-order valence-electron chi connectivity index (χ1n) is 14.0. The third-order valence-corrected chi connectivity index (χ3v) is 23.7. The second kappa shape index (κ2) is 15.6. The Morgan fingerprint density at radius 2 is 0.882 bits per heavy atom. The SMILES string of the molecule is CC[Si](CC)(CC)O[C@@H]1[C@H](O[Si](CC)(CC)CC)[C@@H](OC)O[C@H](CI)[C@H]1O[Si](CC)(CC)CC. The minimum atomic E-state index is -1.93. The number of alkyl halides is 1. The Kier molecular flexibility index (Phi) is 15.2. The average molecular weight is 647 g/mol. The fourth-order valence-electron chi connectivity index (χ4n) is 5.46. The highest BCUT2D eigenvalue weighted by molar-refractivity contribution is 14.1. The summed E-state index contributed by atoms with van der Waals surface area (Å²) in [7, 11) is -3.99. The van der Waals surface area contributed by atoms with Gasteiger partial charge in [-0.05, 0) is 54.4 Å². The van der Waals surface area contributed by atoms with Gasteiger partial charge in [0.25, 0.3) is 0 Å². The second-order valence-corrected chi connectivity index (χ2v) is 25.0. The van der Waals surface area contributed by atoms with E-state index in [4.69, 9.17) is 22.8 Å². The molecule has 1 aliphatic heterocycles. The lowest BCUT2D eigenvalue weighted by atomic mass is 10.00. The second-order valence-electron chi connectivity index (χ2n) is 9.91. The van der Waals surface area contributed by atoms with E-state index in [0.29, 0.717) is 0 Å². The first-order valence-corrected chi connectivity index (χ1v) is 23.1. The van der Waals surface area contributed by atoms with E-state index in [1.807, 2.05) is 0 Å². The van der Waals surface area contributed by atoms with Crippen LogP contribution in [0.1, 0.15) is 62.3 Å². The number of rotatable bonds is 17. The maximum absolute atomic E-state index is 7.34. The number of halogens is 1. The Balaban J connectivity index is 3.64. The zero-order chi connectivity index (χ0) is 26.0. The van der Waals surface area contributed by atoms with Gasteiger partial charge in [0.05, 0.1) is 12.2 Å². The topological polar surface area (TPSA) is 46.2 Å². The van der Waals surface area contributed by atoms with Gasteiger partial charge in [0.2, 0.25) is 0 Å². The molecule has 0 aromatic rings. The molecule has 0 aromatic heterocycles. The van der Waals surface area contributed by atoms with Crippen molar-refractivity contribution in [1.82, 2.24) is 0 Å². The lowest BCUT2D eigenvalue weighted by Crippen LogP contribution is -2.67. The summed E-state index contributed by atoms with van der Waals surface area (Å²) in [5.74, 6) is 0. The van der Waals surface area contributed by atoms with Gasteiger partial charge in [-0.15, -0.1) is 0 Å². The quantitative estimate of drug-likeness (QED) is 0.0912. The fourth-order valence-corrected chi connectivity index (χ4v) is 14.7. The Bertz CT molecular complexity index is 498. The highest BCUT2D eigenvalue weighted by atomic mass is 127. The van der Waals surface area contributed by atoms with Crippen LogP contribution >= 0.6 is 22.6 Å². The first kappa shape index (κ1) is 33.2. The summed E-state index contributed by atoms with van der Waals surface area (Å²) in [6.07, 6.45) is -0.953. The van der Waals surface area contributed by atoms with Gasteiger partial charge >= 0.3 is 0 Å². The van der Waals surface area contributed by atoms with E-state index in [1.165, 1.54) is 0 Å². The molecule has 1 fully saturated rings. The third-order valence-electron chi connectivity index (χ3n) is 8.93. The minimum Gasteiger partial charge on any atom is -0.409 e. The van der Waals surface area contributed by atoms with Crippen LogP contribution in [-0.2, 0) is 22.8 Å². The molecule has 204 valence electrons.